The number of carbonyl (C=O) groups excluding carboxylic acids is 1. The zero-order valence-electron chi connectivity index (χ0n) is 10.2. The number of carbonyl (C=O) groups is 1. The van der Waals surface area contributed by atoms with Gasteiger partial charge in [0.2, 0.25) is 0 Å². The highest BCUT2D eigenvalue weighted by atomic mass is 16.5. The van der Waals surface area contributed by atoms with Crippen molar-refractivity contribution in [1.29, 1.82) is 0 Å². The molecule has 1 unspecified atom stereocenters. The third-order valence-corrected chi connectivity index (χ3v) is 3.03. The first-order chi connectivity index (χ1) is 8.68. The van der Waals surface area contributed by atoms with Gasteiger partial charge in [-0.25, -0.2) is 0 Å². The second-order valence-electron chi connectivity index (χ2n) is 4.38. The number of amides is 1. The van der Waals surface area contributed by atoms with Crippen molar-refractivity contribution in [3.63, 3.8) is 0 Å². The van der Waals surface area contributed by atoms with Crippen molar-refractivity contribution in [1.82, 2.24) is 0 Å². The molecule has 1 heterocycles. The molecular formula is C13H18N2O3. The van der Waals surface area contributed by atoms with Crippen LogP contribution in [-0.4, -0.2) is 25.2 Å². The van der Waals surface area contributed by atoms with Crippen LogP contribution in [0.1, 0.15) is 29.6 Å². The zero-order chi connectivity index (χ0) is 13.0. The fraction of sp³-hybridized carbons (Fsp3) is 0.462. The standard InChI is InChI=1S/C13H18N2O3/c14-12-10(13(15)16)5-3-6-11(12)18-8-9-4-1-2-7-17-9/h3,5-6,9H,1-2,4,7-8,14H2,(H2,15,16). The molecule has 0 spiro atoms. The number of ether oxygens (including phenoxy) is 2. The molecule has 1 fully saturated rings. The van der Waals surface area contributed by atoms with E-state index in [0.717, 1.165) is 25.9 Å². The van der Waals surface area contributed by atoms with Crippen LogP contribution in [0.25, 0.3) is 0 Å². The third kappa shape index (κ3) is 2.92. The lowest BCUT2D eigenvalue weighted by Crippen LogP contribution is -2.26. The number of rotatable bonds is 4. The van der Waals surface area contributed by atoms with E-state index in [2.05, 4.69) is 0 Å². The summed E-state index contributed by atoms with van der Waals surface area (Å²) in [6.45, 7) is 1.23. The largest absolute Gasteiger partial charge is 0.489 e. The summed E-state index contributed by atoms with van der Waals surface area (Å²) in [6, 6.07) is 5.01. The number of nitrogen functional groups attached to an aromatic ring is 1. The van der Waals surface area contributed by atoms with E-state index in [1.807, 2.05) is 0 Å². The Balaban J connectivity index is 2.00. The summed E-state index contributed by atoms with van der Waals surface area (Å²) in [5, 5.41) is 0. The van der Waals surface area contributed by atoms with Crippen molar-refractivity contribution in [2.45, 2.75) is 25.4 Å². The first-order valence-corrected chi connectivity index (χ1v) is 6.11. The quantitative estimate of drug-likeness (QED) is 0.789. The predicted octanol–water partition coefficient (Wildman–Crippen LogP) is 1.32. The van der Waals surface area contributed by atoms with Gasteiger partial charge in [-0.05, 0) is 31.4 Å². The molecule has 98 valence electrons. The Morgan fingerprint density at radius 2 is 2.28 bits per heavy atom. The monoisotopic (exact) mass is 250 g/mol. The minimum absolute atomic E-state index is 0.107. The summed E-state index contributed by atoms with van der Waals surface area (Å²) in [6.07, 6.45) is 3.37. The molecule has 1 aromatic rings. The van der Waals surface area contributed by atoms with Crippen molar-refractivity contribution in [3.8, 4) is 5.75 Å². The molecular weight excluding hydrogens is 232 g/mol. The number of benzene rings is 1. The van der Waals surface area contributed by atoms with E-state index in [1.54, 1.807) is 18.2 Å². The molecule has 1 aromatic carbocycles. The minimum atomic E-state index is -0.549. The lowest BCUT2D eigenvalue weighted by molar-refractivity contribution is -0.0109. The summed E-state index contributed by atoms with van der Waals surface area (Å²) in [5.74, 6) is -0.0626. The van der Waals surface area contributed by atoms with Gasteiger partial charge in [-0.1, -0.05) is 6.07 Å². The van der Waals surface area contributed by atoms with E-state index in [0.29, 0.717) is 18.0 Å². The molecule has 1 atom stereocenters. The van der Waals surface area contributed by atoms with Crippen LogP contribution in [0.5, 0.6) is 5.75 Å². The van der Waals surface area contributed by atoms with Gasteiger partial charge in [-0.3, -0.25) is 4.79 Å². The Morgan fingerprint density at radius 1 is 1.44 bits per heavy atom. The maximum atomic E-state index is 11.1. The van der Waals surface area contributed by atoms with Crippen molar-refractivity contribution in [2.75, 3.05) is 18.9 Å². The second-order valence-corrected chi connectivity index (χ2v) is 4.38. The second kappa shape index (κ2) is 5.73. The van der Waals surface area contributed by atoms with Crippen LogP contribution in [-0.2, 0) is 4.74 Å². The molecule has 5 heteroatoms. The van der Waals surface area contributed by atoms with Gasteiger partial charge in [0.1, 0.15) is 12.4 Å². The molecule has 1 aliphatic rings. The Bertz CT molecular complexity index is 428. The summed E-state index contributed by atoms with van der Waals surface area (Å²) in [5.41, 5.74) is 11.6. The third-order valence-electron chi connectivity index (χ3n) is 3.03. The molecule has 4 N–H and O–H groups in total. The maximum absolute atomic E-state index is 11.1. The topological polar surface area (TPSA) is 87.6 Å². The molecule has 0 bridgehead atoms. The molecule has 0 aromatic heterocycles. The molecule has 2 rings (SSSR count). The van der Waals surface area contributed by atoms with Gasteiger partial charge >= 0.3 is 0 Å². The fourth-order valence-corrected chi connectivity index (χ4v) is 2.01. The lowest BCUT2D eigenvalue weighted by Gasteiger charge is -2.23. The van der Waals surface area contributed by atoms with E-state index in [-0.39, 0.29) is 11.7 Å². The molecule has 1 aliphatic heterocycles. The van der Waals surface area contributed by atoms with Gasteiger partial charge in [0, 0.05) is 6.61 Å². The lowest BCUT2D eigenvalue weighted by atomic mass is 10.1. The minimum Gasteiger partial charge on any atom is -0.489 e. The summed E-state index contributed by atoms with van der Waals surface area (Å²) in [4.78, 5) is 11.1. The van der Waals surface area contributed by atoms with Gasteiger partial charge in [0.15, 0.2) is 0 Å². The summed E-state index contributed by atoms with van der Waals surface area (Å²) >= 11 is 0. The normalized spacial score (nSPS) is 19.4. The van der Waals surface area contributed by atoms with E-state index in [1.165, 1.54) is 0 Å². The number of hydrogen-bond donors (Lipinski definition) is 2. The van der Waals surface area contributed by atoms with E-state index in [4.69, 9.17) is 20.9 Å². The van der Waals surface area contributed by atoms with E-state index < -0.39 is 5.91 Å². The van der Waals surface area contributed by atoms with Crippen LogP contribution in [0.3, 0.4) is 0 Å². The van der Waals surface area contributed by atoms with E-state index >= 15 is 0 Å². The number of hydrogen-bond acceptors (Lipinski definition) is 4. The van der Waals surface area contributed by atoms with Crippen molar-refractivity contribution in [2.24, 2.45) is 5.73 Å². The molecule has 0 saturated carbocycles. The summed E-state index contributed by atoms with van der Waals surface area (Å²) < 4.78 is 11.2. The van der Waals surface area contributed by atoms with Crippen LogP contribution in [0, 0.1) is 0 Å². The van der Waals surface area contributed by atoms with Crippen molar-refractivity contribution >= 4 is 11.6 Å². The van der Waals surface area contributed by atoms with Gasteiger partial charge in [0.05, 0.1) is 17.4 Å². The molecule has 1 amide bonds. The number of primary amides is 1. The van der Waals surface area contributed by atoms with Gasteiger partial charge in [-0.15, -0.1) is 0 Å². The Morgan fingerprint density at radius 3 is 2.94 bits per heavy atom. The molecule has 0 radical (unpaired) electrons. The Labute approximate surface area is 106 Å². The number of para-hydroxylation sites is 1. The van der Waals surface area contributed by atoms with Crippen molar-refractivity contribution in [3.05, 3.63) is 23.8 Å². The number of anilines is 1. The van der Waals surface area contributed by atoms with Crippen LogP contribution in [0.4, 0.5) is 5.69 Å². The van der Waals surface area contributed by atoms with Gasteiger partial charge in [-0.2, -0.15) is 0 Å². The summed E-state index contributed by atoms with van der Waals surface area (Å²) in [7, 11) is 0. The number of nitrogens with two attached hydrogens (primary N) is 2. The molecule has 1 saturated heterocycles. The zero-order valence-corrected chi connectivity index (χ0v) is 10.2. The molecule has 5 nitrogen and oxygen atoms in total. The highest BCUT2D eigenvalue weighted by Crippen LogP contribution is 2.25. The average Bonchev–Trinajstić information content (AvgIpc) is 2.38. The van der Waals surface area contributed by atoms with Crippen LogP contribution in [0.2, 0.25) is 0 Å². The van der Waals surface area contributed by atoms with Gasteiger partial charge in [0.25, 0.3) is 5.91 Å². The smallest absolute Gasteiger partial charge is 0.250 e. The van der Waals surface area contributed by atoms with Crippen LogP contribution in [0.15, 0.2) is 18.2 Å². The Kier molecular flexibility index (Phi) is 4.04. The first-order valence-electron chi connectivity index (χ1n) is 6.11. The SMILES string of the molecule is NC(=O)c1cccc(OCC2CCCCO2)c1N. The van der Waals surface area contributed by atoms with E-state index in [9.17, 15) is 4.79 Å². The van der Waals surface area contributed by atoms with Crippen LogP contribution < -0.4 is 16.2 Å². The van der Waals surface area contributed by atoms with Crippen molar-refractivity contribution < 1.29 is 14.3 Å². The highest BCUT2D eigenvalue weighted by molar-refractivity contribution is 5.99. The predicted molar refractivity (Wildman–Crippen MR) is 68.5 cm³/mol. The maximum Gasteiger partial charge on any atom is 0.250 e. The molecule has 0 aliphatic carbocycles. The van der Waals surface area contributed by atoms with Crippen LogP contribution >= 0.6 is 0 Å². The first kappa shape index (κ1) is 12.7. The average molecular weight is 250 g/mol. The molecule has 18 heavy (non-hydrogen) atoms. The fourth-order valence-electron chi connectivity index (χ4n) is 2.01. The highest BCUT2D eigenvalue weighted by Gasteiger charge is 2.16. The Hall–Kier alpha value is -1.75. The van der Waals surface area contributed by atoms with Gasteiger partial charge < -0.3 is 20.9 Å².